The highest BCUT2D eigenvalue weighted by Gasteiger charge is 2.19. The Bertz CT molecular complexity index is 636. The van der Waals surface area contributed by atoms with Gasteiger partial charge in [-0.3, -0.25) is 9.59 Å². The number of carbonyl (C=O) groups is 2. The Morgan fingerprint density at radius 2 is 1.96 bits per heavy atom. The normalized spacial score (nSPS) is 10.6. The molecule has 0 saturated heterocycles. The summed E-state index contributed by atoms with van der Waals surface area (Å²) in [5.41, 5.74) is 1.77. The molecule has 0 fully saturated rings. The molecule has 0 aromatic heterocycles. The summed E-state index contributed by atoms with van der Waals surface area (Å²) >= 11 is 0. The van der Waals surface area contributed by atoms with E-state index >= 15 is 0 Å². The molecule has 0 unspecified atom stereocenters. The summed E-state index contributed by atoms with van der Waals surface area (Å²) < 4.78 is 0. The first-order valence-electron chi connectivity index (χ1n) is 8.01. The number of anilines is 1. The van der Waals surface area contributed by atoms with Crippen molar-refractivity contribution in [2.45, 2.75) is 39.0 Å². The molecule has 128 valence electrons. The van der Waals surface area contributed by atoms with Gasteiger partial charge in [0.1, 0.15) is 0 Å². The zero-order chi connectivity index (χ0) is 18.2. The fourth-order valence-corrected chi connectivity index (χ4v) is 2.36. The van der Waals surface area contributed by atoms with Crippen LogP contribution in [0.3, 0.4) is 0 Å². The van der Waals surface area contributed by atoms with Gasteiger partial charge in [0.05, 0.1) is 6.54 Å². The van der Waals surface area contributed by atoms with Crippen molar-refractivity contribution in [1.29, 1.82) is 0 Å². The lowest BCUT2D eigenvalue weighted by Gasteiger charge is -2.23. The lowest BCUT2D eigenvalue weighted by molar-refractivity contribution is -0.131. The summed E-state index contributed by atoms with van der Waals surface area (Å²) in [5, 5.41) is 2.91. The van der Waals surface area contributed by atoms with Crippen LogP contribution in [-0.4, -0.2) is 29.8 Å². The van der Waals surface area contributed by atoms with E-state index in [-0.39, 0.29) is 36.6 Å². The molecule has 0 bridgehead atoms. The number of benzene rings is 1. The van der Waals surface area contributed by atoms with Crippen LogP contribution in [0.5, 0.6) is 0 Å². The lowest BCUT2D eigenvalue weighted by Crippen LogP contribution is -2.32. The van der Waals surface area contributed by atoms with Gasteiger partial charge in [0.25, 0.3) is 0 Å². The number of terminal acetylenes is 1. The first kappa shape index (κ1) is 19.5. The van der Waals surface area contributed by atoms with E-state index in [1.807, 2.05) is 24.3 Å². The highest BCUT2D eigenvalue weighted by atomic mass is 16.2. The standard InChI is InChI=1S/C20H26N2O2/c1-6-14-22(15-7-2)19(24)13-12-18(23)21-17-11-9-8-10-16(17)20(3,4)5/h1,7-11H,2,12-15H2,3-5H3,(H,21,23). The number of nitrogens with zero attached hydrogens (tertiary/aromatic N) is 1. The van der Waals surface area contributed by atoms with Crippen LogP contribution < -0.4 is 5.32 Å². The summed E-state index contributed by atoms with van der Waals surface area (Å²) in [4.78, 5) is 25.8. The molecule has 0 aliphatic heterocycles. The van der Waals surface area contributed by atoms with Crippen LogP contribution in [0.15, 0.2) is 36.9 Å². The van der Waals surface area contributed by atoms with Gasteiger partial charge in [-0.2, -0.15) is 0 Å². The molecule has 0 aliphatic carbocycles. The van der Waals surface area contributed by atoms with Crippen LogP contribution in [0, 0.1) is 12.3 Å². The highest BCUT2D eigenvalue weighted by Crippen LogP contribution is 2.29. The molecular formula is C20H26N2O2. The van der Waals surface area contributed by atoms with Gasteiger partial charge in [0, 0.05) is 25.1 Å². The molecular weight excluding hydrogens is 300 g/mol. The number of rotatable bonds is 7. The van der Waals surface area contributed by atoms with Gasteiger partial charge in [-0.05, 0) is 17.0 Å². The molecule has 2 amide bonds. The number of para-hydroxylation sites is 1. The second kappa shape index (κ2) is 8.93. The molecule has 4 heteroatoms. The Balaban J connectivity index is 2.66. The van der Waals surface area contributed by atoms with Crippen molar-refractivity contribution >= 4 is 17.5 Å². The van der Waals surface area contributed by atoms with Crippen molar-refractivity contribution in [2.75, 3.05) is 18.4 Å². The molecule has 0 spiro atoms. The van der Waals surface area contributed by atoms with Crippen LogP contribution in [-0.2, 0) is 15.0 Å². The summed E-state index contributed by atoms with van der Waals surface area (Å²) in [7, 11) is 0. The van der Waals surface area contributed by atoms with Crippen LogP contribution in [0.2, 0.25) is 0 Å². The van der Waals surface area contributed by atoms with E-state index in [0.29, 0.717) is 6.54 Å². The minimum Gasteiger partial charge on any atom is -0.328 e. The topological polar surface area (TPSA) is 49.4 Å². The van der Waals surface area contributed by atoms with Gasteiger partial charge >= 0.3 is 0 Å². The predicted octanol–water partition coefficient (Wildman–Crippen LogP) is 3.35. The highest BCUT2D eigenvalue weighted by molar-refractivity contribution is 5.94. The Morgan fingerprint density at radius 3 is 2.54 bits per heavy atom. The van der Waals surface area contributed by atoms with Gasteiger partial charge in [-0.15, -0.1) is 13.0 Å². The largest absolute Gasteiger partial charge is 0.328 e. The Labute approximate surface area is 144 Å². The third-order valence-electron chi connectivity index (χ3n) is 3.56. The number of hydrogen-bond acceptors (Lipinski definition) is 2. The number of hydrogen-bond donors (Lipinski definition) is 1. The average molecular weight is 326 g/mol. The predicted molar refractivity (Wildman–Crippen MR) is 98.6 cm³/mol. The maximum absolute atomic E-state index is 12.2. The molecule has 1 aromatic carbocycles. The van der Waals surface area contributed by atoms with Crippen LogP contribution in [0.4, 0.5) is 5.69 Å². The SMILES string of the molecule is C#CCN(CC=C)C(=O)CCC(=O)Nc1ccccc1C(C)(C)C. The van der Waals surface area contributed by atoms with Crippen molar-refractivity contribution in [3.8, 4) is 12.3 Å². The first-order chi connectivity index (χ1) is 11.3. The van der Waals surface area contributed by atoms with Crippen molar-refractivity contribution in [2.24, 2.45) is 0 Å². The van der Waals surface area contributed by atoms with Crippen molar-refractivity contribution in [3.05, 3.63) is 42.5 Å². The number of amides is 2. The van der Waals surface area contributed by atoms with Gasteiger partial charge in [0.2, 0.25) is 11.8 Å². The zero-order valence-electron chi connectivity index (χ0n) is 14.8. The molecule has 0 atom stereocenters. The molecule has 1 rings (SSSR count). The second-order valence-electron chi connectivity index (χ2n) is 6.61. The van der Waals surface area contributed by atoms with E-state index in [1.54, 1.807) is 6.08 Å². The number of nitrogens with one attached hydrogen (secondary N) is 1. The Kier molecular flexibility index (Phi) is 7.26. The molecule has 4 nitrogen and oxygen atoms in total. The quantitative estimate of drug-likeness (QED) is 0.617. The van der Waals surface area contributed by atoms with Crippen LogP contribution in [0.1, 0.15) is 39.2 Å². The van der Waals surface area contributed by atoms with E-state index in [2.05, 4.69) is 38.6 Å². The van der Waals surface area contributed by atoms with Gasteiger partial charge < -0.3 is 10.2 Å². The van der Waals surface area contributed by atoms with Crippen molar-refractivity contribution < 1.29 is 9.59 Å². The molecule has 1 N–H and O–H groups in total. The molecule has 0 radical (unpaired) electrons. The van der Waals surface area contributed by atoms with E-state index in [0.717, 1.165) is 11.3 Å². The minimum absolute atomic E-state index is 0.0761. The van der Waals surface area contributed by atoms with E-state index in [9.17, 15) is 9.59 Å². The van der Waals surface area contributed by atoms with E-state index in [4.69, 9.17) is 6.42 Å². The Hall–Kier alpha value is -2.54. The van der Waals surface area contributed by atoms with Gasteiger partial charge in [-0.1, -0.05) is 51.0 Å². The second-order valence-corrected chi connectivity index (χ2v) is 6.61. The third-order valence-corrected chi connectivity index (χ3v) is 3.56. The molecule has 24 heavy (non-hydrogen) atoms. The van der Waals surface area contributed by atoms with Crippen LogP contribution in [0.25, 0.3) is 0 Å². The fraction of sp³-hybridized carbons (Fsp3) is 0.400. The molecule has 1 aromatic rings. The first-order valence-corrected chi connectivity index (χ1v) is 8.01. The Morgan fingerprint density at radius 1 is 1.29 bits per heavy atom. The summed E-state index contributed by atoms with van der Waals surface area (Å²) in [6.07, 6.45) is 7.12. The van der Waals surface area contributed by atoms with E-state index in [1.165, 1.54) is 4.90 Å². The van der Waals surface area contributed by atoms with Crippen molar-refractivity contribution in [1.82, 2.24) is 4.90 Å². The smallest absolute Gasteiger partial charge is 0.224 e. The van der Waals surface area contributed by atoms with Crippen LogP contribution >= 0.6 is 0 Å². The summed E-state index contributed by atoms with van der Waals surface area (Å²) in [6.45, 7) is 10.5. The monoisotopic (exact) mass is 326 g/mol. The van der Waals surface area contributed by atoms with Gasteiger partial charge in [-0.25, -0.2) is 0 Å². The average Bonchev–Trinajstić information content (AvgIpc) is 2.52. The summed E-state index contributed by atoms with van der Waals surface area (Å²) in [6, 6.07) is 7.71. The van der Waals surface area contributed by atoms with E-state index < -0.39 is 0 Å². The van der Waals surface area contributed by atoms with Gasteiger partial charge in [0.15, 0.2) is 0 Å². The lowest BCUT2D eigenvalue weighted by atomic mass is 9.86. The van der Waals surface area contributed by atoms with Crippen molar-refractivity contribution in [3.63, 3.8) is 0 Å². The third kappa shape index (κ3) is 5.92. The maximum atomic E-state index is 12.2. The number of carbonyl (C=O) groups excluding carboxylic acids is 2. The summed E-state index contributed by atoms with van der Waals surface area (Å²) in [5.74, 6) is 2.11. The fourth-order valence-electron chi connectivity index (χ4n) is 2.36. The maximum Gasteiger partial charge on any atom is 0.224 e. The minimum atomic E-state index is -0.181. The molecule has 0 aliphatic rings. The molecule has 0 heterocycles. The zero-order valence-corrected chi connectivity index (χ0v) is 14.8. The molecule has 0 saturated carbocycles.